The molecule has 0 spiro atoms. The first-order valence-corrected chi connectivity index (χ1v) is 6.41. The van der Waals surface area contributed by atoms with Gasteiger partial charge in [-0.1, -0.05) is 12.1 Å². The topological polar surface area (TPSA) is 48.7 Å². The van der Waals surface area contributed by atoms with E-state index in [0.717, 1.165) is 11.1 Å². The Bertz CT molecular complexity index is 636. The first-order chi connectivity index (χ1) is 9.60. The summed E-state index contributed by atoms with van der Waals surface area (Å²) in [6.45, 7) is 4.85. The van der Waals surface area contributed by atoms with Gasteiger partial charge in [-0.2, -0.15) is 5.26 Å². The number of nitriles is 1. The van der Waals surface area contributed by atoms with Crippen molar-refractivity contribution in [3.63, 3.8) is 0 Å². The zero-order valence-corrected chi connectivity index (χ0v) is 11.6. The molecule has 0 amide bonds. The van der Waals surface area contributed by atoms with Crippen molar-refractivity contribution in [2.75, 3.05) is 0 Å². The van der Waals surface area contributed by atoms with Crippen molar-refractivity contribution >= 4 is 0 Å². The molecule has 0 radical (unpaired) electrons. The number of hydrogen-bond donors (Lipinski definition) is 1. The van der Waals surface area contributed by atoms with Gasteiger partial charge in [-0.05, 0) is 48.2 Å². The minimum absolute atomic E-state index is 0.137. The summed E-state index contributed by atoms with van der Waals surface area (Å²) >= 11 is 0. The van der Waals surface area contributed by atoms with Gasteiger partial charge < -0.3 is 5.32 Å². The Morgan fingerprint density at radius 3 is 2.45 bits per heavy atom. The summed E-state index contributed by atoms with van der Waals surface area (Å²) in [6.07, 6.45) is 1.63. The molecule has 3 nitrogen and oxygen atoms in total. The van der Waals surface area contributed by atoms with E-state index in [0.29, 0.717) is 29.9 Å². The Balaban J connectivity index is 1.98. The van der Waals surface area contributed by atoms with Crippen molar-refractivity contribution in [1.82, 2.24) is 10.3 Å². The Hall–Kier alpha value is -2.25. The standard InChI is InChI=1S/C16H16FN3/c1-11-5-14(6-12(2)16(11)17)10-19-9-13-3-4-20-15(7-13)8-18/h3-7,19H,9-10H2,1-2H3. The maximum absolute atomic E-state index is 13.5. The normalized spacial score (nSPS) is 10.3. The average molecular weight is 269 g/mol. The number of nitrogens with zero attached hydrogens (tertiary/aromatic N) is 2. The van der Waals surface area contributed by atoms with Crippen LogP contribution in [0.2, 0.25) is 0 Å². The second kappa shape index (κ2) is 6.27. The van der Waals surface area contributed by atoms with Crippen LogP contribution in [0.4, 0.5) is 4.39 Å². The second-order valence-electron chi connectivity index (χ2n) is 4.81. The summed E-state index contributed by atoms with van der Waals surface area (Å²) in [6, 6.07) is 9.34. The monoisotopic (exact) mass is 269 g/mol. The smallest absolute Gasteiger partial charge is 0.140 e. The molecular formula is C16H16FN3. The molecule has 20 heavy (non-hydrogen) atoms. The van der Waals surface area contributed by atoms with Gasteiger partial charge >= 0.3 is 0 Å². The zero-order chi connectivity index (χ0) is 14.5. The minimum Gasteiger partial charge on any atom is -0.309 e. The highest BCUT2D eigenvalue weighted by Gasteiger charge is 2.04. The quantitative estimate of drug-likeness (QED) is 0.928. The second-order valence-corrected chi connectivity index (χ2v) is 4.81. The molecular weight excluding hydrogens is 253 g/mol. The van der Waals surface area contributed by atoms with E-state index in [1.165, 1.54) is 0 Å². The first-order valence-electron chi connectivity index (χ1n) is 6.41. The third-order valence-corrected chi connectivity index (χ3v) is 3.09. The van der Waals surface area contributed by atoms with Crippen LogP contribution in [0.25, 0.3) is 0 Å². The lowest BCUT2D eigenvalue weighted by molar-refractivity contribution is 0.606. The molecule has 0 unspecified atom stereocenters. The SMILES string of the molecule is Cc1cc(CNCc2ccnc(C#N)c2)cc(C)c1F. The van der Waals surface area contributed by atoms with Crippen LogP contribution < -0.4 is 5.32 Å². The molecule has 1 aromatic carbocycles. The molecule has 0 fully saturated rings. The van der Waals surface area contributed by atoms with Crippen LogP contribution in [0.5, 0.6) is 0 Å². The van der Waals surface area contributed by atoms with E-state index in [4.69, 9.17) is 5.26 Å². The lowest BCUT2D eigenvalue weighted by Gasteiger charge is -2.08. The van der Waals surface area contributed by atoms with Crippen LogP contribution in [-0.2, 0) is 13.1 Å². The van der Waals surface area contributed by atoms with E-state index in [9.17, 15) is 4.39 Å². The molecule has 2 aromatic rings. The summed E-state index contributed by atoms with van der Waals surface area (Å²) in [7, 11) is 0. The summed E-state index contributed by atoms with van der Waals surface area (Å²) in [5.74, 6) is -0.137. The van der Waals surface area contributed by atoms with Gasteiger partial charge in [0, 0.05) is 19.3 Å². The highest BCUT2D eigenvalue weighted by molar-refractivity contribution is 5.30. The molecule has 0 atom stereocenters. The highest BCUT2D eigenvalue weighted by atomic mass is 19.1. The summed E-state index contributed by atoms with van der Waals surface area (Å²) in [4.78, 5) is 3.93. The molecule has 1 aromatic heterocycles. The van der Waals surface area contributed by atoms with Gasteiger partial charge in [0.25, 0.3) is 0 Å². The van der Waals surface area contributed by atoms with E-state index < -0.39 is 0 Å². The molecule has 2 rings (SSSR count). The fourth-order valence-corrected chi connectivity index (χ4v) is 2.13. The Labute approximate surface area is 118 Å². The van der Waals surface area contributed by atoms with Gasteiger partial charge in [0.15, 0.2) is 0 Å². The Kier molecular flexibility index (Phi) is 4.44. The van der Waals surface area contributed by atoms with Crippen LogP contribution in [0, 0.1) is 31.0 Å². The fourth-order valence-electron chi connectivity index (χ4n) is 2.13. The van der Waals surface area contributed by atoms with Crippen LogP contribution in [-0.4, -0.2) is 4.98 Å². The largest absolute Gasteiger partial charge is 0.309 e. The van der Waals surface area contributed by atoms with Gasteiger partial charge in [-0.3, -0.25) is 0 Å². The maximum atomic E-state index is 13.5. The van der Waals surface area contributed by atoms with Crippen LogP contribution in [0.1, 0.15) is 27.9 Å². The lowest BCUT2D eigenvalue weighted by Crippen LogP contribution is -2.13. The van der Waals surface area contributed by atoms with Crippen molar-refractivity contribution in [2.24, 2.45) is 0 Å². The number of hydrogen-bond acceptors (Lipinski definition) is 3. The van der Waals surface area contributed by atoms with Crippen molar-refractivity contribution in [3.8, 4) is 6.07 Å². The number of rotatable bonds is 4. The molecule has 0 aliphatic heterocycles. The molecule has 1 heterocycles. The predicted molar refractivity (Wildman–Crippen MR) is 75.4 cm³/mol. The van der Waals surface area contributed by atoms with Gasteiger partial charge in [0.2, 0.25) is 0 Å². The zero-order valence-electron chi connectivity index (χ0n) is 11.6. The van der Waals surface area contributed by atoms with Crippen molar-refractivity contribution in [3.05, 3.63) is 64.2 Å². The van der Waals surface area contributed by atoms with Gasteiger partial charge in [0.05, 0.1) is 0 Å². The minimum atomic E-state index is -0.137. The predicted octanol–water partition coefficient (Wildman–Crippen LogP) is 3.00. The van der Waals surface area contributed by atoms with Crippen molar-refractivity contribution < 1.29 is 4.39 Å². The van der Waals surface area contributed by atoms with E-state index >= 15 is 0 Å². The van der Waals surface area contributed by atoms with Gasteiger partial charge in [-0.25, -0.2) is 9.37 Å². The lowest BCUT2D eigenvalue weighted by atomic mass is 10.1. The highest BCUT2D eigenvalue weighted by Crippen LogP contribution is 2.14. The van der Waals surface area contributed by atoms with Gasteiger partial charge in [-0.15, -0.1) is 0 Å². The van der Waals surface area contributed by atoms with Crippen LogP contribution >= 0.6 is 0 Å². The molecule has 0 saturated carbocycles. The molecule has 1 N–H and O–H groups in total. The third kappa shape index (κ3) is 3.40. The average Bonchev–Trinajstić information content (AvgIpc) is 2.45. The van der Waals surface area contributed by atoms with Crippen molar-refractivity contribution in [2.45, 2.75) is 26.9 Å². The van der Waals surface area contributed by atoms with E-state index in [1.807, 2.05) is 24.3 Å². The fraction of sp³-hybridized carbons (Fsp3) is 0.250. The number of aromatic nitrogens is 1. The molecule has 0 bridgehead atoms. The summed E-state index contributed by atoms with van der Waals surface area (Å²) in [5, 5.41) is 12.1. The number of aryl methyl sites for hydroxylation is 2. The molecule has 0 aliphatic carbocycles. The number of nitrogens with one attached hydrogen (secondary N) is 1. The molecule has 102 valence electrons. The van der Waals surface area contributed by atoms with Crippen LogP contribution in [0.15, 0.2) is 30.5 Å². The molecule has 0 saturated heterocycles. The Morgan fingerprint density at radius 1 is 1.15 bits per heavy atom. The Morgan fingerprint density at radius 2 is 1.80 bits per heavy atom. The van der Waals surface area contributed by atoms with Crippen molar-refractivity contribution in [1.29, 1.82) is 5.26 Å². The van der Waals surface area contributed by atoms with E-state index in [-0.39, 0.29) is 5.82 Å². The van der Waals surface area contributed by atoms with E-state index in [1.54, 1.807) is 26.1 Å². The summed E-state index contributed by atoms with van der Waals surface area (Å²) in [5.41, 5.74) is 3.80. The van der Waals surface area contributed by atoms with Gasteiger partial charge in [0.1, 0.15) is 17.6 Å². The number of pyridine rings is 1. The van der Waals surface area contributed by atoms with Crippen LogP contribution in [0.3, 0.4) is 0 Å². The first kappa shape index (κ1) is 14.2. The third-order valence-electron chi connectivity index (χ3n) is 3.09. The molecule has 0 aliphatic rings. The van der Waals surface area contributed by atoms with E-state index in [2.05, 4.69) is 10.3 Å². The number of benzene rings is 1. The maximum Gasteiger partial charge on any atom is 0.140 e. The summed E-state index contributed by atoms with van der Waals surface area (Å²) < 4.78 is 13.5. The number of halogens is 1. The molecule has 4 heteroatoms.